The number of hydrogen-bond acceptors (Lipinski definition) is 1. The molecule has 0 saturated heterocycles. The maximum atomic E-state index is 12.4. The fourth-order valence-electron chi connectivity index (χ4n) is 2.45. The Morgan fingerprint density at radius 2 is 1.90 bits per heavy atom. The number of carbonyl (C=O) groups is 1. The summed E-state index contributed by atoms with van der Waals surface area (Å²) in [7, 11) is 0. The Kier molecular flexibility index (Phi) is 3.70. The lowest BCUT2D eigenvalue weighted by Crippen LogP contribution is -2.27. The minimum Gasteiger partial charge on any atom is -0.307 e. The molecule has 3 heteroatoms. The number of hydrogen-bond donors (Lipinski definition) is 0. The zero-order valence-corrected chi connectivity index (χ0v) is 12.5. The second kappa shape index (κ2) is 5.63. The Morgan fingerprint density at radius 3 is 2.70 bits per heavy atom. The van der Waals surface area contributed by atoms with E-state index >= 15 is 0 Å². The lowest BCUT2D eigenvalue weighted by molar-refractivity contribution is -0.114. The van der Waals surface area contributed by atoms with Crippen molar-refractivity contribution in [1.29, 1.82) is 0 Å². The number of anilines is 1. The van der Waals surface area contributed by atoms with E-state index < -0.39 is 0 Å². The third-order valence-electron chi connectivity index (χ3n) is 3.43. The molecule has 1 aliphatic rings. The molecular weight excluding hydrogens is 314 g/mol. The summed E-state index contributed by atoms with van der Waals surface area (Å²) in [6, 6.07) is 15.9. The quantitative estimate of drug-likeness (QED) is 0.762. The van der Waals surface area contributed by atoms with Crippen LogP contribution in [0.3, 0.4) is 0 Å². The van der Waals surface area contributed by atoms with Crippen molar-refractivity contribution in [2.24, 2.45) is 0 Å². The van der Waals surface area contributed by atoms with Crippen LogP contribution >= 0.6 is 15.9 Å². The van der Waals surface area contributed by atoms with Crippen LogP contribution in [-0.2, 0) is 11.2 Å². The molecule has 0 N–H and O–H groups in total. The van der Waals surface area contributed by atoms with Crippen LogP contribution in [0.4, 0.5) is 5.69 Å². The monoisotopic (exact) mass is 327 g/mol. The molecule has 0 atom stereocenters. The number of rotatable bonds is 2. The van der Waals surface area contributed by atoms with E-state index in [1.54, 1.807) is 6.08 Å². The van der Waals surface area contributed by atoms with E-state index in [-0.39, 0.29) is 5.91 Å². The number of halogens is 1. The van der Waals surface area contributed by atoms with E-state index in [0.29, 0.717) is 0 Å². The van der Waals surface area contributed by atoms with Crippen LogP contribution in [0.2, 0.25) is 0 Å². The molecule has 2 aromatic rings. The van der Waals surface area contributed by atoms with Gasteiger partial charge in [-0.3, -0.25) is 4.79 Å². The van der Waals surface area contributed by atoms with Crippen LogP contribution in [0.1, 0.15) is 11.1 Å². The zero-order chi connectivity index (χ0) is 13.9. The van der Waals surface area contributed by atoms with Gasteiger partial charge in [0, 0.05) is 17.1 Å². The molecule has 0 bridgehead atoms. The third kappa shape index (κ3) is 2.54. The SMILES string of the molecule is O=C(/C=C/c1ccccc1)N1CCc2cccc(Br)c21. The number of carbonyl (C=O) groups excluding carboxylic acids is 1. The summed E-state index contributed by atoms with van der Waals surface area (Å²) in [4.78, 5) is 14.2. The Bertz CT molecular complexity index is 664. The van der Waals surface area contributed by atoms with Gasteiger partial charge in [0.15, 0.2) is 0 Å². The average molecular weight is 328 g/mol. The van der Waals surface area contributed by atoms with E-state index in [1.807, 2.05) is 53.4 Å². The first-order valence-corrected chi connectivity index (χ1v) is 7.37. The van der Waals surface area contributed by atoms with E-state index in [0.717, 1.165) is 28.7 Å². The largest absolute Gasteiger partial charge is 0.307 e. The van der Waals surface area contributed by atoms with Gasteiger partial charge in [0.05, 0.1) is 5.69 Å². The first kappa shape index (κ1) is 13.1. The number of nitrogens with zero attached hydrogens (tertiary/aromatic N) is 1. The van der Waals surface area contributed by atoms with Gasteiger partial charge in [-0.15, -0.1) is 0 Å². The van der Waals surface area contributed by atoms with Crippen LogP contribution in [0.5, 0.6) is 0 Å². The van der Waals surface area contributed by atoms with Crippen LogP contribution in [0.25, 0.3) is 6.08 Å². The summed E-state index contributed by atoms with van der Waals surface area (Å²) in [6.45, 7) is 0.746. The zero-order valence-electron chi connectivity index (χ0n) is 10.9. The highest BCUT2D eigenvalue weighted by Crippen LogP contribution is 2.35. The maximum absolute atomic E-state index is 12.4. The number of para-hydroxylation sites is 1. The van der Waals surface area contributed by atoms with Crippen molar-refractivity contribution in [3.8, 4) is 0 Å². The average Bonchev–Trinajstić information content (AvgIpc) is 2.91. The molecule has 0 aliphatic carbocycles. The summed E-state index contributed by atoms with van der Waals surface area (Å²) in [5.74, 6) is 0.0273. The molecule has 0 aromatic heterocycles. The molecule has 100 valence electrons. The van der Waals surface area contributed by atoms with Crippen molar-refractivity contribution in [1.82, 2.24) is 0 Å². The van der Waals surface area contributed by atoms with Crippen molar-refractivity contribution in [3.63, 3.8) is 0 Å². The lowest BCUT2D eigenvalue weighted by atomic mass is 10.2. The van der Waals surface area contributed by atoms with E-state index in [1.165, 1.54) is 5.56 Å². The fraction of sp³-hybridized carbons (Fsp3) is 0.118. The fourth-order valence-corrected chi connectivity index (χ4v) is 3.07. The van der Waals surface area contributed by atoms with Crippen molar-refractivity contribution in [3.05, 3.63) is 70.2 Å². The molecule has 0 saturated carbocycles. The van der Waals surface area contributed by atoms with E-state index in [4.69, 9.17) is 0 Å². The smallest absolute Gasteiger partial charge is 0.251 e. The van der Waals surface area contributed by atoms with Gasteiger partial charge in [0.2, 0.25) is 0 Å². The Labute approximate surface area is 126 Å². The molecule has 1 aliphatic heterocycles. The first-order valence-electron chi connectivity index (χ1n) is 6.58. The lowest BCUT2D eigenvalue weighted by Gasteiger charge is -2.16. The predicted octanol–water partition coefficient (Wildman–Crippen LogP) is 4.05. The maximum Gasteiger partial charge on any atom is 0.251 e. The highest BCUT2D eigenvalue weighted by atomic mass is 79.9. The minimum absolute atomic E-state index is 0.0273. The van der Waals surface area contributed by atoms with Gasteiger partial charge in [0.1, 0.15) is 0 Å². The summed E-state index contributed by atoms with van der Waals surface area (Å²) in [5, 5.41) is 0. The van der Waals surface area contributed by atoms with E-state index in [2.05, 4.69) is 22.0 Å². The molecule has 1 amide bonds. The number of amides is 1. The van der Waals surface area contributed by atoms with Gasteiger partial charge in [-0.1, -0.05) is 42.5 Å². The summed E-state index contributed by atoms with van der Waals surface area (Å²) < 4.78 is 0.981. The first-order chi connectivity index (χ1) is 9.75. The van der Waals surface area contributed by atoms with Crippen LogP contribution in [0, 0.1) is 0 Å². The van der Waals surface area contributed by atoms with Crippen LogP contribution in [0.15, 0.2) is 59.1 Å². The van der Waals surface area contributed by atoms with Crippen molar-refractivity contribution < 1.29 is 4.79 Å². The third-order valence-corrected chi connectivity index (χ3v) is 4.07. The second-order valence-electron chi connectivity index (χ2n) is 4.73. The van der Waals surface area contributed by atoms with Crippen molar-refractivity contribution >= 4 is 33.6 Å². The molecule has 3 rings (SSSR count). The molecular formula is C17H14BrNO. The van der Waals surface area contributed by atoms with Crippen LogP contribution in [-0.4, -0.2) is 12.5 Å². The molecule has 0 fully saturated rings. The molecule has 2 aromatic carbocycles. The molecule has 1 heterocycles. The number of benzene rings is 2. The standard InChI is InChI=1S/C17H14BrNO/c18-15-8-4-7-14-11-12-19(17(14)15)16(20)10-9-13-5-2-1-3-6-13/h1-10H,11-12H2/b10-9+. The molecule has 2 nitrogen and oxygen atoms in total. The van der Waals surface area contributed by atoms with Gasteiger partial charge in [0.25, 0.3) is 5.91 Å². The molecule has 0 spiro atoms. The Balaban J connectivity index is 1.82. The highest BCUT2D eigenvalue weighted by Gasteiger charge is 2.24. The Hall–Kier alpha value is -1.87. The van der Waals surface area contributed by atoms with Gasteiger partial charge < -0.3 is 4.90 Å². The van der Waals surface area contributed by atoms with Gasteiger partial charge >= 0.3 is 0 Å². The topological polar surface area (TPSA) is 20.3 Å². The molecule has 20 heavy (non-hydrogen) atoms. The highest BCUT2D eigenvalue weighted by molar-refractivity contribution is 9.10. The molecule has 0 unspecified atom stereocenters. The van der Waals surface area contributed by atoms with Crippen molar-refractivity contribution in [2.75, 3.05) is 11.4 Å². The summed E-state index contributed by atoms with van der Waals surface area (Å²) in [6.07, 6.45) is 4.42. The van der Waals surface area contributed by atoms with Crippen molar-refractivity contribution in [2.45, 2.75) is 6.42 Å². The van der Waals surface area contributed by atoms with Gasteiger partial charge in [-0.05, 0) is 45.6 Å². The summed E-state index contributed by atoms with van der Waals surface area (Å²) in [5.41, 5.74) is 3.27. The number of fused-ring (bicyclic) bond motifs is 1. The second-order valence-corrected chi connectivity index (χ2v) is 5.59. The Morgan fingerprint density at radius 1 is 1.10 bits per heavy atom. The predicted molar refractivity (Wildman–Crippen MR) is 85.7 cm³/mol. The van der Waals surface area contributed by atoms with Gasteiger partial charge in [-0.2, -0.15) is 0 Å². The van der Waals surface area contributed by atoms with Gasteiger partial charge in [-0.25, -0.2) is 0 Å². The minimum atomic E-state index is 0.0273. The summed E-state index contributed by atoms with van der Waals surface area (Å²) >= 11 is 3.53. The van der Waals surface area contributed by atoms with E-state index in [9.17, 15) is 4.79 Å². The van der Waals surface area contributed by atoms with Crippen LogP contribution < -0.4 is 4.90 Å². The molecule has 0 radical (unpaired) electrons. The normalized spacial score (nSPS) is 13.8.